The molecule has 0 fully saturated rings. The Morgan fingerprint density at radius 1 is 1.56 bits per heavy atom. The molecule has 1 heterocycles. The Morgan fingerprint density at radius 2 is 2.38 bits per heavy atom. The summed E-state index contributed by atoms with van der Waals surface area (Å²) in [4.78, 5) is 14.5. The third-order valence-electron chi connectivity index (χ3n) is 2.38. The lowest BCUT2D eigenvalue weighted by molar-refractivity contribution is 0.0950. The van der Waals surface area contributed by atoms with Crippen molar-refractivity contribution < 1.29 is 4.79 Å². The highest BCUT2D eigenvalue weighted by Crippen LogP contribution is 2.14. The molecule has 0 saturated carbocycles. The fourth-order valence-electron chi connectivity index (χ4n) is 1.52. The molecule has 1 aromatic heterocycles. The van der Waals surface area contributed by atoms with E-state index in [0.717, 1.165) is 23.0 Å². The summed E-state index contributed by atoms with van der Waals surface area (Å²) in [5, 5.41) is 4.06. The van der Waals surface area contributed by atoms with Gasteiger partial charge in [-0.05, 0) is 47.8 Å². The zero-order valence-corrected chi connectivity index (χ0v) is 10.5. The van der Waals surface area contributed by atoms with Crippen molar-refractivity contribution in [2.24, 2.45) is 5.10 Å². The fourth-order valence-corrected chi connectivity index (χ4v) is 1.87. The minimum Gasteiger partial charge on any atom is -0.356 e. The van der Waals surface area contributed by atoms with Crippen LogP contribution in [-0.2, 0) is 0 Å². The van der Waals surface area contributed by atoms with Gasteiger partial charge in [-0.15, -0.1) is 0 Å². The summed E-state index contributed by atoms with van der Waals surface area (Å²) in [5.41, 5.74) is 5.25. The van der Waals surface area contributed by atoms with E-state index in [2.05, 4.69) is 38.4 Å². The largest absolute Gasteiger partial charge is 0.356 e. The van der Waals surface area contributed by atoms with Crippen molar-refractivity contribution in [1.82, 2.24) is 10.4 Å². The Kier molecular flexibility index (Phi) is 3.24. The van der Waals surface area contributed by atoms with Crippen molar-refractivity contribution >= 4 is 27.5 Å². The number of aromatic amines is 1. The van der Waals surface area contributed by atoms with E-state index >= 15 is 0 Å². The molecule has 0 radical (unpaired) electrons. The van der Waals surface area contributed by atoms with Crippen LogP contribution in [0.2, 0.25) is 0 Å². The van der Waals surface area contributed by atoms with Gasteiger partial charge in [-0.3, -0.25) is 4.79 Å². The molecule has 4 nitrogen and oxygen atoms in total. The van der Waals surface area contributed by atoms with Crippen LogP contribution in [0.1, 0.15) is 30.3 Å². The quantitative estimate of drug-likeness (QED) is 0.805. The van der Waals surface area contributed by atoms with Crippen molar-refractivity contribution in [2.45, 2.75) is 19.8 Å². The van der Waals surface area contributed by atoms with Crippen LogP contribution in [0.25, 0.3) is 0 Å². The van der Waals surface area contributed by atoms with Crippen molar-refractivity contribution in [3.8, 4) is 0 Å². The van der Waals surface area contributed by atoms with Crippen LogP contribution in [0.3, 0.4) is 0 Å². The maximum absolute atomic E-state index is 11.6. The Morgan fingerprint density at radius 3 is 2.94 bits per heavy atom. The summed E-state index contributed by atoms with van der Waals surface area (Å²) in [6.45, 7) is 2.06. The second-order valence-electron chi connectivity index (χ2n) is 3.77. The first kappa shape index (κ1) is 11.1. The third-order valence-corrected chi connectivity index (χ3v) is 2.84. The zero-order chi connectivity index (χ0) is 11.5. The Labute approximate surface area is 102 Å². The highest BCUT2D eigenvalue weighted by atomic mass is 79.9. The molecule has 84 valence electrons. The number of H-pyrrole nitrogens is 1. The maximum atomic E-state index is 11.6. The number of hydrazone groups is 1. The first-order valence-corrected chi connectivity index (χ1v) is 5.82. The van der Waals surface area contributed by atoms with Gasteiger partial charge >= 0.3 is 0 Å². The number of aromatic nitrogens is 1. The van der Waals surface area contributed by atoms with Gasteiger partial charge in [0, 0.05) is 10.7 Å². The van der Waals surface area contributed by atoms with Crippen molar-refractivity contribution in [1.29, 1.82) is 0 Å². The SMILES string of the molecule is CC1=C/C(=N/NC(=O)c2cc(Br)c[nH]2)CC1. The van der Waals surface area contributed by atoms with Crippen LogP contribution in [0.15, 0.2) is 33.5 Å². The van der Waals surface area contributed by atoms with Gasteiger partial charge in [-0.1, -0.05) is 5.57 Å². The van der Waals surface area contributed by atoms with Crippen molar-refractivity contribution in [3.05, 3.63) is 34.1 Å². The summed E-state index contributed by atoms with van der Waals surface area (Å²) < 4.78 is 0.849. The number of carbonyl (C=O) groups is 1. The van der Waals surface area contributed by atoms with Gasteiger partial charge in [0.1, 0.15) is 5.69 Å². The van der Waals surface area contributed by atoms with E-state index in [1.54, 1.807) is 12.3 Å². The molecule has 0 saturated heterocycles. The molecule has 1 aliphatic carbocycles. The molecule has 0 aliphatic heterocycles. The third kappa shape index (κ3) is 2.61. The van der Waals surface area contributed by atoms with Crippen LogP contribution in [-0.4, -0.2) is 16.6 Å². The van der Waals surface area contributed by atoms with Crippen LogP contribution >= 0.6 is 15.9 Å². The fraction of sp³-hybridized carbons (Fsp3) is 0.273. The maximum Gasteiger partial charge on any atom is 0.287 e. The van der Waals surface area contributed by atoms with E-state index in [1.165, 1.54) is 5.57 Å². The monoisotopic (exact) mass is 281 g/mol. The second kappa shape index (κ2) is 4.65. The molecule has 1 aliphatic rings. The molecule has 1 aromatic rings. The zero-order valence-electron chi connectivity index (χ0n) is 8.88. The molecule has 2 N–H and O–H groups in total. The molecule has 5 heteroatoms. The molecule has 1 amide bonds. The molecule has 16 heavy (non-hydrogen) atoms. The van der Waals surface area contributed by atoms with Gasteiger partial charge in [0.05, 0.1) is 5.71 Å². The number of nitrogens with one attached hydrogen (secondary N) is 2. The highest BCUT2D eigenvalue weighted by molar-refractivity contribution is 9.10. The normalized spacial score (nSPS) is 17.6. The van der Waals surface area contributed by atoms with E-state index in [0.29, 0.717) is 5.69 Å². The number of hydrogen-bond donors (Lipinski definition) is 2. The molecule has 0 bridgehead atoms. The van der Waals surface area contributed by atoms with Crippen LogP contribution in [0.5, 0.6) is 0 Å². The molecular weight excluding hydrogens is 270 g/mol. The van der Waals surface area contributed by atoms with E-state index in [1.807, 2.05) is 6.08 Å². The minimum absolute atomic E-state index is 0.226. The first-order valence-electron chi connectivity index (χ1n) is 5.03. The standard InChI is InChI=1S/C11H12BrN3O/c1-7-2-3-9(4-7)14-15-11(16)10-5-8(12)6-13-10/h4-6,13H,2-3H2,1H3,(H,15,16)/b14-9+. The van der Waals surface area contributed by atoms with Crippen LogP contribution in [0, 0.1) is 0 Å². The smallest absolute Gasteiger partial charge is 0.287 e. The summed E-state index contributed by atoms with van der Waals surface area (Å²) in [6.07, 6.45) is 5.65. The number of carbonyl (C=O) groups excluding carboxylic acids is 1. The van der Waals surface area contributed by atoms with E-state index in [9.17, 15) is 4.79 Å². The number of rotatable bonds is 2. The topological polar surface area (TPSA) is 57.2 Å². The number of nitrogens with zero attached hydrogens (tertiary/aromatic N) is 1. The number of hydrogen-bond acceptors (Lipinski definition) is 2. The predicted octanol–water partition coefficient (Wildman–Crippen LogP) is 2.60. The summed E-state index contributed by atoms with van der Waals surface area (Å²) in [7, 11) is 0. The first-order chi connectivity index (χ1) is 7.65. The van der Waals surface area contributed by atoms with Gasteiger partial charge in [0.15, 0.2) is 0 Å². The molecule has 0 spiro atoms. The summed E-state index contributed by atoms with van der Waals surface area (Å²) >= 11 is 3.27. The van der Waals surface area contributed by atoms with Crippen molar-refractivity contribution in [2.75, 3.05) is 0 Å². The predicted molar refractivity (Wildman–Crippen MR) is 66.4 cm³/mol. The van der Waals surface area contributed by atoms with E-state index in [-0.39, 0.29) is 5.91 Å². The Hall–Kier alpha value is -1.36. The average molecular weight is 282 g/mol. The molecule has 2 rings (SSSR count). The Balaban J connectivity index is 1.99. The summed E-state index contributed by atoms with van der Waals surface area (Å²) in [6, 6.07) is 1.71. The van der Waals surface area contributed by atoms with Gasteiger partial charge < -0.3 is 4.98 Å². The molecule has 0 atom stereocenters. The second-order valence-corrected chi connectivity index (χ2v) is 4.68. The van der Waals surface area contributed by atoms with Gasteiger partial charge in [0.2, 0.25) is 0 Å². The minimum atomic E-state index is -0.226. The van der Waals surface area contributed by atoms with Crippen molar-refractivity contribution in [3.63, 3.8) is 0 Å². The van der Waals surface area contributed by atoms with Crippen LogP contribution in [0.4, 0.5) is 0 Å². The van der Waals surface area contributed by atoms with E-state index in [4.69, 9.17) is 0 Å². The summed E-state index contributed by atoms with van der Waals surface area (Å²) in [5.74, 6) is -0.226. The van der Waals surface area contributed by atoms with Crippen LogP contribution < -0.4 is 5.43 Å². The molecule has 0 aromatic carbocycles. The lowest BCUT2D eigenvalue weighted by atomic mass is 10.3. The number of halogens is 1. The average Bonchev–Trinajstić information content (AvgIpc) is 2.84. The molecular formula is C11H12BrN3O. The lowest BCUT2D eigenvalue weighted by Crippen LogP contribution is -2.19. The highest BCUT2D eigenvalue weighted by Gasteiger charge is 2.09. The van der Waals surface area contributed by atoms with Gasteiger partial charge in [-0.2, -0.15) is 5.10 Å². The van der Waals surface area contributed by atoms with Gasteiger partial charge in [-0.25, -0.2) is 5.43 Å². The van der Waals surface area contributed by atoms with E-state index < -0.39 is 0 Å². The Bertz CT molecular complexity index is 473. The molecule has 0 unspecified atom stereocenters. The lowest BCUT2D eigenvalue weighted by Gasteiger charge is -1.97. The number of amides is 1. The number of allylic oxidation sites excluding steroid dienone is 2. The van der Waals surface area contributed by atoms with Gasteiger partial charge in [0.25, 0.3) is 5.91 Å².